The minimum Gasteiger partial charge on any atom is -0.335 e. The van der Waals surface area contributed by atoms with Crippen LogP contribution in [-0.2, 0) is 0 Å². The molecule has 4 nitrogen and oxygen atoms in total. The van der Waals surface area contributed by atoms with Gasteiger partial charge in [-0.25, -0.2) is 4.79 Å². The predicted molar refractivity (Wildman–Crippen MR) is 99.5 cm³/mol. The second kappa shape index (κ2) is 7.56. The number of anilines is 1. The zero-order valence-corrected chi connectivity index (χ0v) is 15.3. The average Bonchev–Trinajstić information content (AvgIpc) is 2.52. The van der Waals surface area contributed by atoms with Crippen molar-refractivity contribution in [2.75, 3.05) is 11.9 Å². The number of piperidine rings is 2. The summed E-state index contributed by atoms with van der Waals surface area (Å²) in [5, 5.41) is 6.30. The monoisotopic (exact) mass is 329 g/mol. The van der Waals surface area contributed by atoms with Gasteiger partial charge in [0.05, 0.1) is 0 Å². The van der Waals surface area contributed by atoms with Gasteiger partial charge in [-0.2, -0.15) is 0 Å². The highest BCUT2D eigenvalue weighted by Crippen LogP contribution is 2.34. The highest BCUT2D eigenvalue weighted by Gasteiger charge is 2.38. The Balaban J connectivity index is 1.60. The maximum atomic E-state index is 12.5. The topological polar surface area (TPSA) is 44.4 Å². The number of nitrogens with zero attached hydrogens (tertiary/aromatic N) is 1. The van der Waals surface area contributed by atoms with Crippen molar-refractivity contribution in [2.24, 2.45) is 0 Å². The number of hydrogen-bond donors (Lipinski definition) is 2. The summed E-state index contributed by atoms with van der Waals surface area (Å²) in [5.74, 6) is 0. The second-order valence-electron chi connectivity index (χ2n) is 7.51. The molecule has 0 aliphatic carbocycles. The van der Waals surface area contributed by atoms with Crippen LogP contribution in [-0.4, -0.2) is 35.6 Å². The highest BCUT2D eigenvalue weighted by atomic mass is 16.2. The third-order valence-electron chi connectivity index (χ3n) is 5.66. The average molecular weight is 329 g/mol. The van der Waals surface area contributed by atoms with E-state index < -0.39 is 0 Å². The lowest BCUT2D eigenvalue weighted by Crippen LogP contribution is -2.57. The predicted octanol–water partition coefficient (Wildman–Crippen LogP) is 4.22. The number of para-hydroxylation sites is 1. The first kappa shape index (κ1) is 17.3. The molecular weight excluding hydrogens is 298 g/mol. The summed E-state index contributed by atoms with van der Waals surface area (Å²) in [4.78, 5) is 15.2. The zero-order valence-electron chi connectivity index (χ0n) is 15.3. The molecule has 0 spiro atoms. The molecule has 4 heteroatoms. The molecule has 2 aliphatic heterocycles. The van der Waals surface area contributed by atoms with Crippen molar-refractivity contribution in [1.29, 1.82) is 0 Å². The summed E-state index contributed by atoms with van der Waals surface area (Å²) in [7, 11) is 0. The Bertz CT molecular complexity index is 552. The molecule has 2 fully saturated rings. The fraction of sp³-hybridized carbons (Fsp3) is 0.650. The minimum absolute atomic E-state index is 0.0561. The zero-order chi connectivity index (χ0) is 17.1. The molecular formula is C20H31N3O. The first-order chi connectivity index (χ1) is 11.6. The largest absolute Gasteiger partial charge is 0.335 e. The number of aryl methyl sites for hydroxylation is 2. The van der Waals surface area contributed by atoms with Crippen LogP contribution in [0.15, 0.2) is 18.2 Å². The SMILES string of the molecule is CCCN1C2CCCC1CC(NC(=O)Nc1c(C)cccc1C)C2. The smallest absolute Gasteiger partial charge is 0.319 e. The lowest BCUT2D eigenvalue weighted by atomic mass is 9.81. The van der Waals surface area contributed by atoms with Crippen molar-refractivity contribution in [3.63, 3.8) is 0 Å². The number of nitrogens with one attached hydrogen (secondary N) is 2. The molecule has 0 saturated carbocycles. The van der Waals surface area contributed by atoms with E-state index in [0.717, 1.165) is 29.7 Å². The molecule has 2 atom stereocenters. The molecule has 0 radical (unpaired) electrons. The van der Waals surface area contributed by atoms with Crippen LogP contribution >= 0.6 is 0 Å². The van der Waals surface area contributed by atoms with Crippen LogP contribution in [0.5, 0.6) is 0 Å². The van der Waals surface area contributed by atoms with E-state index in [4.69, 9.17) is 0 Å². The Kier molecular flexibility index (Phi) is 5.44. The normalized spacial score (nSPS) is 26.9. The fourth-order valence-corrected chi connectivity index (χ4v) is 4.57. The van der Waals surface area contributed by atoms with E-state index in [9.17, 15) is 4.79 Å². The van der Waals surface area contributed by atoms with Gasteiger partial charge in [-0.1, -0.05) is 31.5 Å². The van der Waals surface area contributed by atoms with Crippen LogP contribution in [0, 0.1) is 13.8 Å². The molecule has 24 heavy (non-hydrogen) atoms. The molecule has 2 amide bonds. The number of urea groups is 1. The van der Waals surface area contributed by atoms with Crippen LogP contribution in [0.2, 0.25) is 0 Å². The Morgan fingerprint density at radius 1 is 1.17 bits per heavy atom. The van der Waals surface area contributed by atoms with Crippen LogP contribution in [0.3, 0.4) is 0 Å². The Labute approximate surface area is 146 Å². The molecule has 2 N–H and O–H groups in total. The number of carbonyl (C=O) groups excluding carboxylic acids is 1. The van der Waals surface area contributed by atoms with Crippen LogP contribution < -0.4 is 10.6 Å². The number of benzene rings is 1. The summed E-state index contributed by atoms with van der Waals surface area (Å²) < 4.78 is 0. The van der Waals surface area contributed by atoms with Gasteiger partial charge in [0.2, 0.25) is 0 Å². The number of amides is 2. The van der Waals surface area contributed by atoms with E-state index >= 15 is 0 Å². The number of hydrogen-bond acceptors (Lipinski definition) is 2. The van der Waals surface area contributed by atoms with Gasteiger partial charge >= 0.3 is 6.03 Å². The molecule has 2 unspecified atom stereocenters. The summed E-state index contributed by atoms with van der Waals surface area (Å²) >= 11 is 0. The van der Waals surface area contributed by atoms with Gasteiger partial charge in [-0.3, -0.25) is 4.90 Å². The molecule has 0 aromatic heterocycles. The van der Waals surface area contributed by atoms with Gasteiger partial charge in [-0.15, -0.1) is 0 Å². The first-order valence-corrected chi connectivity index (χ1v) is 9.48. The highest BCUT2D eigenvalue weighted by molar-refractivity contribution is 5.91. The summed E-state index contributed by atoms with van der Waals surface area (Å²) in [5.41, 5.74) is 3.16. The van der Waals surface area contributed by atoms with Gasteiger partial charge in [-0.05, 0) is 63.6 Å². The van der Waals surface area contributed by atoms with Gasteiger partial charge in [0.1, 0.15) is 0 Å². The summed E-state index contributed by atoms with van der Waals surface area (Å²) in [6.07, 6.45) is 7.32. The third kappa shape index (κ3) is 3.75. The molecule has 132 valence electrons. The van der Waals surface area contributed by atoms with E-state index in [1.54, 1.807) is 0 Å². The van der Waals surface area contributed by atoms with Crippen molar-refractivity contribution >= 4 is 11.7 Å². The van der Waals surface area contributed by atoms with Gasteiger partial charge in [0.25, 0.3) is 0 Å². The summed E-state index contributed by atoms with van der Waals surface area (Å²) in [6.45, 7) is 7.54. The van der Waals surface area contributed by atoms with Crippen molar-refractivity contribution in [2.45, 2.75) is 77.4 Å². The van der Waals surface area contributed by atoms with Crippen LogP contribution in [0.25, 0.3) is 0 Å². The van der Waals surface area contributed by atoms with Crippen molar-refractivity contribution in [3.05, 3.63) is 29.3 Å². The van der Waals surface area contributed by atoms with Crippen molar-refractivity contribution in [3.8, 4) is 0 Å². The minimum atomic E-state index is -0.0561. The van der Waals surface area contributed by atoms with E-state index in [-0.39, 0.29) is 6.03 Å². The maximum absolute atomic E-state index is 12.5. The van der Waals surface area contributed by atoms with Gasteiger partial charge in [0, 0.05) is 23.8 Å². The molecule has 2 heterocycles. The standard InChI is InChI=1S/C20H31N3O/c1-4-11-23-17-9-6-10-18(23)13-16(12-17)21-20(24)22-19-14(2)7-5-8-15(19)3/h5,7-8,16-18H,4,6,9-13H2,1-3H3,(H2,21,22,24). The van der Waals surface area contributed by atoms with Gasteiger partial charge in [0.15, 0.2) is 0 Å². The lowest BCUT2D eigenvalue weighted by Gasteiger charge is -2.49. The van der Waals surface area contributed by atoms with Gasteiger partial charge < -0.3 is 10.6 Å². The molecule has 2 aliphatic rings. The summed E-state index contributed by atoms with van der Waals surface area (Å²) in [6, 6.07) is 7.66. The van der Waals surface area contributed by atoms with Crippen LogP contribution in [0.4, 0.5) is 10.5 Å². The van der Waals surface area contributed by atoms with E-state index in [0.29, 0.717) is 18.1 Å². The van der Waals surface area contributed by atoms with Crippen molar-refractivity contribution < 1.29 is 4.79 Å². The fourth-order valence-electron chi connectivity index (χ4n) is 4.57. The molecule has 1 aromatic carbocycles. The Morgan fingerprint density at radius 3 is 2.38 bits per heavy atom. The number of carbonyl (C=O) groups is 1. The Hall–Kier alpha value is -1.55. The van der Waals surface area contributed by atoms with E-state index in [1.807, 2.05) is 32.0 Å². The third-order valence-corrected chi connectivity index (χ3v) is 5.66. The van der Waals surface area contributed by atoms with E-state index in [2.05, 4.69) is 22.5 Å². The van der Waals surface area contributed by atoms with Crippen molar-refractivity contribution in [1.82, 2.24) is 10.2 Å². The number of rotatable bonds is 4. The first-order valence-electron chi connectivity index (χ1n) is 9.48. The quantitative estimate of drug-likeness (QED) is 0.868. The van der Waals surface area contributed by atoms with Crippen LogP contribution in [0.1, 0.15) is 56.6 Å². The molecule has 3 rings (SSSR count). The molecule has 1 aromatic rings. The van der Waals surface area contributed by atoms with E-state index in [1.165, 1.54) is 32.2 Å². The second-order valence-corrected chi connectivity index (χ2v) is 7.51. The maximum Gasteiger partial charge on any atom is 0.319 e. The molecule has 2 bridgehead atoms. The lowest BCUT2D eigenvalue weighted by molar-refractivity contribution is 0.0272. The Morgan fingerprint density at radius 2 is 1.79 bits per heavy atom. The number of fused-ring (bicyclic) bond motifs is 2. The molecule has 2 saturated heterocycles.